The van der Waals surface area contributed by atoms with E-state index in [4.69, 9.17) is 15.0 Å². The van der Waals surface area contributed by atoms with Crippen molar-refractivity contribution in [3.63, 3.8) is 0 Å². The fraction of sp³-hybridized carbons (Fsp3) is 0.424. The van der Waals surface area contributed by atoms with E-state index >= 15 is 0 Å². The van der Waals surface area contributed by atoms with Crippen LogP contribution in [-0.2, 0) is 55.3 Å². The van der Waals surface area contributed by atoms with Crippen LogP contribution in [0.15, 0.2) is 52.4 Å². The molecule has 3 aromatic rings. The largest absolute Gasteiger partial charge is 3.00 e. The Morgan fingerprint density at radius 2 is 0.850 bits per heavy atom. The molecule has 3 nitrogen and oxygen atoms in total. The summed E-state index contributed by atoms with van der Waals surface area (Å²) in [7, 11) is 0. The molecule has 0 aliphatic rings. The normalized spacial score (nSPS) is 11.1. The molecule has 0 aliphatic carbocycles. The molecule has 7 heteroatoms. The van der Waals surface area contributed by atoms with Gasteiger partial charge in [0, 0.05) is 0 Å². The molecule has 0 spiro atoms. The summed E-state index contributed by atoms with van der Waals surface area (Å²) in [5, 5.41) is 0. The maximum Gasteiger partial charge on any atom is 3.00 e. The van der Waals surface area contributed by atoms with Crippen molar-refractivity contribution in [2.24, 2.45) is 9.98 Å². The molecule has 0 radical (unpaired) electrons. The topological polar surface area (TPSA) is 37.6 Å². The summed E-state index contributed by atoms with van der Waals surface area (Å²) in [4.78, 5) is 15.2. The number of halogens is 3. The number of benzene rings is 2. The molecule has 220 valence electrons. The van der Waals surface area contributed by atoms with Gasteiger partial charge in [0.25, 0.3) is 0 Å². The third-order valence-electron chi connectivity index (χ3n) is 7.04. The fourth-order valence-corrected chi connectivity index (χ4v) is 4.73. The number of pyridine rings is 1. The molecule has 0 aliphatic heterocycles. The minimum atomic E-state index is 0. The Bertz CT molecular complexity index is 1140. The van der Waals surface area contributed by atoms with Gasteiger partial charge in [0.1, 0.15) is 0 Å². The number of rotatable bonds is 10. The van der Waals surface area contributed by atoms with Crippen molar-refractivity contribution in [2.75, 3.05) is 0 Å². The third kappa shape index (κ3) is 9.70. The van der Waals surface area contributed by atoms with Crippen LogP contribution in [0.1, 0.15) is 100 Å². The van der Waals surface area contributed by atoms with Crippen LogP contribution in [0.3, 0.4) is 0 Å². The van der Waals surface area contributed by atoms with Crippen LogP contribution in [-0.4, -0.2) is 16.4 Å². The standard InChI is InChI=1S/C33H43N3.3ClH.Co/c1-9-24-18-26(11-3)32(27(12-4)19-24)34-22(7)30-16-15-17-31(36-30)23(8)35-33-28(13-5)20-25(10-2)21-29(33)14-6;;;;/h15-21H,9-14H2,1-8H3;3*1H;/q;;;;+3/p-3. The Morgan fingerprint density at radius 1 is 0.550 bits per heavy atom. The summed E-state index contributed by atoms with van der Waals surface area (Å²) in [6.45, 7) is 17.4. The molecule has 40 heavy (non-hydrogen) atoms. The number of hydrogen-bond donors (Lipinski definition) is 0. The number of aliphatic imine (C=N–C) groups is 2. The van der Waals surface area contributed by atoms with Crippen LogP contribution < -0.4 is 37.2 Å². The summed E-state index contributed by atoms with van der Waals surface area (Å²) in [5.74, 6) is 0. The first-order chi connectivity index (χ1) is 17.4. The van der Waals surface area contributed by atoms with E-state index in [1.165, 1.54) is 33.4 Å². The second kappa shape index (κ2) is 19.4. The SMILES string of the molecule is CCc1cc(CC)c(N=C(C)c2cccc(C(C)=Nc3c(CC)cc(CC)cc3CC)n2)c(CC)c1.[Cl-].[Cl-].[Cl-].[Co+3]. The van der Waals surface area contributed by atoms with Crippen molar-refractivity contribution in [2.45, 2.75) is 93.9 Å². The molecule has 3 rings (SSSR count). The maximum atomic E-state index is 5.12. The molecule has 0 saturated heterocycles. The Labute approximate surface area is 271 Å². The predicted molar refractivity (Wildman–Crippen MR) is 157 cm³/mol. The van der Waals surface area contributed by atoms with Gasteiger partial charge in [-0.1, -0.05) is 71.9 Å². The average molecular weight is 647 g/mol. The minimum Gasteiger partial charge on any atom is -1.00 e. The van der Waals surface area contributed by atoms with Gasteiger partial charge >= 0.3 is 16.8 Å². The van der Waals surface area contributed by atoms with E-state index in [1.807, 2.05) is 0 Å². The maximum absolute atomic E-state index is 5.12. The van der Waals surface area contributed by atoms with E-state index in [1.54, 1.807) is 0 Å². The Hall–Kier alpha value is -1.69. The first-order valence-corrected chi connectivity index (χ1v) is 13.8. The molecule has 0 fully saturated rings. The summed E-state index contributed by atoms with van der Waals surface area (Å²) >= 11 is 0. The van der Waals surface area contributed by atoms with Crippen LogP contribution in [0.25, 0.3) is 0 Å². The number of nitrogens with zero attached hydrogens (tertiary/aromatic N) is 3. The molecule has 0 bridgehead atoms. The van der Waals surface area contributed by atoms with E-state index in [0.717, 1.165) is 72.7 Å². The minimum absolute atomic E-state index is 0. The number of aryl methyl sites for hydroxylation is 6. The molecule has 0 saturated carbocycles. The van der Waals surface area contributed by atoms with Crippen LogP contribution in [0.5, 0.6) is 0 Å². The summed E-state index contributed by atoms with van der Waals surface area (Å²) < 4.78 is 0. The van der Waals surface area contributed by atoms with Gasteiger partial charge in [-0.05, 0) is 97.9 Å². The van der Waals surface area contributed by atoms with Gasteiger partial charge in [-0.25, -0.2) is 4.98 Å². The predicted octanol–water partition coefficient (Wildman–Crippen LogP) is -0.253. The second-order valence-corrected chi connectivity index (χ2v) is 9.45. The molecular formula is C33H43Cl3CoN3. The molecule has 2 aromatic carbocycles. The van der Waals surface area contributed by atoms with Gasteiger partial charge < -0.3 is 37.2 Å². The van der Waals surface area contributed by atoms with Gasteiger partial charge in [-0.2, -0.15) is 0 Å². The molecule has 0 N–H and O–H groups in total. The number of hydrogen-bond acceptors (Lipinski definition) is 3. The second-order valence-electron chi connectivity index (χ2n) is 9.45. The summed E-state index contributed by atoms with van der Waals surface area (Å²) in [6.07, 6.45) is 5.99. The van der Waals surface area contributed by atoms with E-state index in [0.29, 0.717) is 0 Å². The van der Waals surface area contributed by atoms with Crippen LogP contribution in [0.4, 0.5) is 11.4 Å². The van der Waals surface area contributed by atoms with Gasteiger partial charge in [-0.3, -0.25) is 9.98 Å². The van der Waals surface area contributed by atoms with Gasteiger partial charge in [0.05, 0.1) is 34.2 Å². The quantitative estimate of drug-likeness (QED) is 0.280. The molecule has 1 aromatic heterocycles. The van der Waals surface area contributed by atoms with Crippen molar-refractivity contribution < 1.29 is 54.0 Å². The van der Waals surface area contributed by atoms with E-state index in [9.17, 15) is 0 Å². The van der Waals surface area contributed by atoms with Gasteiger partial charge in [0.15, 0.2) is 0 Å². The third-order valence-corrected chi connectivity index (χ3v) is 7.04. The molecule has 0 atom stereocenters. The van der Waals surface area contributed by atoms with Crippen molar-refractivity contribution in [1.82, 2.24) is 4.98 Å². The Kier molecular flexibility index (Phi) is 19.6. The number of aromatic nitrogens is 1. The van der Waals surface area contributed by atoms with Crippen molar-refractivity contribution in [1.29, 1.82) is 0 Å². The monoisotopic (exact) mass is 645 g/mol. The zero-order valence-corrected chi connectivity index (χ0v) is 28.4. The Morgan fingerprint density at radius 3 is 1.10 bits per heavy atom. The first-order valence-electron chi connectivity index (χ1n) is 13.8. The molecule has 1 heterocycles. The van der Waals surface area contributed by atoms with Crippen LogP contribution in [0, 0.1) is 0 Å². The van der Waals surface area contributed by atoms with Crippen molar-refractivity contribution in [3.8, 4) is 0 Å². The van der Waals surface area contributed by atoms with Crippen molar-refractivity contribution in [3.05, 3.63) is 87.2 Å². The smallest absolute Gasteiger partial charge is 1.00 e. The first kappa shape index (κ1) is 40.4. The van der Waals surface area contributed by atoms with E-state index < -0.39 is 0 Å². The summed E-state index contributed by atoms with van der Waals surface area (Å²) in [6, 6.07) is 15.4. The van der Waals surface area contributed by atoms with E-state index in [2.05, 4.69) is 97.9 Å². The van der Waals surface area contributed by atoms with Crippen LogP contribution >= 0.6 is 0 Å². The van der Waals surface area contributed by atoms with Gasteiger partial charge in [-0.15, -0.1) is 0 Å². The van der Waals surface area contributed by atoms with E-state index in [-0.39, 0.29) is 54.0 Å². The zero-order valence-electron chi connectivity index (χ0n) is 25.1. The Balaban J connectivity index is 0. The molecule has 0 unspecified atom stereocenters. The van der Waals surface area contributed by atoms with Crippen LogP contribution in [0.2, 0.25) is 0 Å². The molecule has 0 amide bonds. The molecular weight excluding hydrogens is 604 g/mol. The summed E-state index contributed by atoms with van der Waals surface area (Å²) in [5.41, 5.74) is 13.9. The fourth-order valence-electron chi connectivity index (χ4n) is 4.73. The zero-order chi connectivity index (χ0) is 26.2. The van der Waals surface area contributed by atoms with Crippen molar-refractivity contribution >= 4 is 22.8 Å². The van der Waals surface area contributed by atoms with Gasteiger partial charge in [0.2, 0.25) is 0 Å². The average Bonchev–Trinajstić information content (AvgIpc) is 2.92.